The van der Waals surface area contributed by atoms with E-state index in [1.807, 2.05) is 19.1 Å². The summed E-state index contributed by atoms with van der Waals surface area (Å²) in [4.78, 5) is 15.6. The van der Waals surface area contributed by atoms with Gasteiger partial charge in [-0.2, -0.15) is 0 Å². The van der Waals surface area contributed by atoms with Gasteiger partial charge in [-0.15, -0.1) is 0 Å². The molecule has 4 heteroatoms. The molecule has 4 nitrogen and oxygen atoms in total. The summed E-state index contributed by atoms with van der Waals surface area (Å²) < 4.78 is 0. The Labute approximate surface area is 95.5 Å². The average Bonchev–Trinajstić information content (AvgIpc) is 3.05. The molecule has 0 atom stereocenters. The molecule has 86 valence electrons. The van der Waals surface area contributed by atoms with Crippen LogP contribution in [0.4, 0.5) is 5.82 Å². The van der Waals surface area contributed by atoms with E-state index in [0.717, 1.165) is 18.0 Å². The normalized spacial score (nSPS) is 14.8. The van der Waals surface area contributed by atoms with Crippen molar-refractivity contribution >= 4 is 11.7 Å². The van der Waals surface area contributed by atoms with Gasteiger partial charge in [0.15, 0.2) is 0 Å². The fourth-order valence-electron chi connectivity index (χ4n) is 1.44. The molecule has 1 aromatic rings. The van der Waals surface area contributed by atoms with Gasteiger partial charge in [0.2, 0.25) is 5.91 Å². The minimum atomic E-state index is -0.0306. The largest absolute Gasteiger partial charge is 0.310 e. The number of rotatable bonds is 5. The lowest BCUT2D eigenvalue weighted by atomic mass is 10.3. The van der Waals surface area contributed by atoms with Gasteiger partial charge in [0, 0.05) is 6.20 Å². The number of pyridine rings is 1. The van der Waals surface area contributed by atoms with Crippen molar-refractivity contribution in [3.63, 3.8) is 0 Å². The van der Waals surface area contributed by atoms with E-state index >= 15 is 0 Å². The van der Waals surface area contributed by atoms with Crippen molar-refractivity contribution in [3.05, 3.63) is 23.9 Å². The number of amides is 1. The van der Waals surface area contributed by atoms with E-state index in [9.17, 15) is 4.79 Å². The van der Waals surface area contributed by atoms with Crippen molar-refractivity contribution in [2.45, 2.75) is 19.8 Å². The molecular weight excluding hydrogens is 202 g/mol. The summed E-state index contributed by atoms with van der Waals surface area (Å²) in [6, 6.07) is 3.74. The molecule has 16 heavy (non-hydrogen) atoms. The fourth-order valence-corrected chi connectivity index (χ4v) is 1.44. The van der Waals surface area contributed by atoms with Crippen molar-refractivity contribution in [1.82, 2.24) is 10.3 Å². The second-order valence-corrected chi connectivity index (χ2v) is 4.34. The van der Waals surface area contributed by atoms with Crippen LogP contribution in [0, 0.1) is 12.8 Å². The molecule has 0 aliphatic heterocycles. The Morgan fingerprint density at radius 3 is 2.94 bits per heavy atom. The van der Waals surface area contributed by atoms with Gasteiger partial charge in [0.25, 0.3) is 0 Å². The summed E-state index contributed by atoms with van der Waals surface area (Å²) in [7, 11) is 0. The first kappa shape index (κ1) is 11.1. The number of carbonyl (C=O) groups is 1. The van der Waals surface area contributed by atoms with Gasteiger partial charge in [-0.3, -0.25) is 4.79 Å². The summed E-state index contributed by atoms with van der Waals surface area (Å²) in [5, 5.41) is 5.89. The lowest BCUT2D eigenvalue weighted by molar-refractivity contribution is -0.115. The summed E-state index contributed by atoms with van der Waals surface area (Å²) in [5.41, 5.74) is 1.09. The highest BCUT2D eigenvalue weighted by Gasteiger charge is 2.20. The van der Waals surface area contributed by atoms with Crippen LogP contribution in [-0.4, -0.2) is 24.0 Å². The molecule has 0 bridgehead atoms. The Morgan fingerprint density at radius 2 is 2.31 bits per heavy atom. The molecule has 1 saturated carbocycles. The van der Waals surface area contributed by atoms with E-state index in [0.29, 0.717) is 12.4 Å². The smallest absolute Gasteiger partial charge is 0.239 e. The van der Waals surface area contributed by atoms with E-state index < -0.39 is 0 Å². The van der Waals surface area contributed by atoms with Crippen LogP contribution in [0.15, 0.2) is 18.3 Å². The number of carbonyl (C=O) groups excluding carboxylic acids is 1. The van der Waals surface area contributed by atoms with Crippen LogP contribution in [0.25, 0.3) is 0 Å². The Balaban J connectivity index is 1.70. The average molecular weight is 219 g/mol. The van der Waals surface area contributed by atoms with E-state index in [1.165, 1.54) is 12.8 Å². The zero-order chi connectivity index (χ0) is 11.4. The molecule has 2 rings (SSSR count). The number of hydrogen-bond donors (Lipinski definition) is 2. The van der Waals surface area contributed by atoms with Crippen LogP contribution >= 0.6 is 0 Å². The van der Waals surface area contributed by atoms with Crippen LogP contribution in [-0.2, 0) is 4.79 Å². The highest BCUT2D eigenvalue weighted by Crippen LogP contribution is 2.27. The lowest BCUT2D eigenvalue weighted by Crippen LogP contribution is -2.29. The highest BCUT2D eigenvalue weighted by molar-refractivity contribution is 5.91. The first-order valence-corrected chi connectivity index (χ1v) is 5.67. The third-order valence-electron chi connectivity index (χ3n) is 2.59. The number of anilines is 1. The molecule has 2 N–H and O–H groups in total. The molecule has 0 spiro atoms. The standard InChI is InChI=1S/C12H17N3O/c1-9-2-5-11(14-6-9)15-12(16)8-13-7-10-3-4-10/h2,5-6,10,13H,3-4,7-8H2,1H3,(H,14,15,16). The Bertz CT molecular complexity index is 357. The van der Waals surface area contributed by atoms with Crippen molar-refractivity contribution in [2.24, 2.45) is 5.92 Å². The third-order valence-corrected chi connectivity index (χ3v) is 2.59. The maximum atomic E-state index is 11.5. The van der Waals surface area contributed by atoms with Gasteiger partial charge in [0.1, 0.15) is 5.82 Å². The molecule has 1 amide bonds. The Morgan fingerprint density at radius 1 is 1.50 bits per heavy atom. The minimum Gasteiger partial charge on any atom is -0.310 e. The van der Waals surface area contributed by atoms with Gasteiger partial charge in [-0.05, 0) is 43.9 Å². The SMILES string of the molecule is Cc1ccc(NC(=O)CNCC2CC2)nc1. The number of nitrogens with zero attached hydrogens (tertiary/aromatic N) is 1. The van der Waals surface area contributed by atoms with Crippen LogP contribution in [0.5, 0.6) is 0 Å². The van der Waals surface area contributed by atoms with E-state index in [2.05, 4.69) is 15.6 Å². The fraction of sp³-hybridized carbons (Fsp3) is 0.500. The number of hydrogen-bond acceptors (Lipinski definition) is 3. The van der Waals surface area contributed by atoms with Gasteiger partial charge in [0.05, 0.1) is 6.54 Å². The molecule has 0 saturated heterocycles. The van der Waals surface area contributed by atoms with Gasteiger partial charge in [-0.25, -0.2) is 4.98 Å². The molecule has 0 aromatic carbocycles. The highest BCUT2D eigenvalue weighted by atomic mass is 16.1. The number of aryl methyl sites for hydroxylation is 1. The van der Waals surface area contributed by atoms with Crippen molar-refractivity contribution in [2.75, 3.05) is 18.4 Å². The topological polar surface area (TPSA) is 54.0 Å². The minimum absolute atomic E-state index is 0.0306. The second-order valence-electron chi connectivity index (χ2n) is 4.34. The van der Waals surface area contributed by atoms with Crippen molar-refractivity contribution < 1.29 is 4.79 Å². The Hall–Kier alpha value is -1.42. The van der Waals surface area contributed by atoms with Crippen LogP contribution < -0.4 is 10.6 Å². The first-order valence-electron chi connectivity index (χ1n) is 5.67. The Kier molecular flexibility index (Phi) is 3.51. The first-order chi connectivity index (χ1) is 7.74. The molecule has 1 fully saturated rings. The summed E-state index contributed by atoms with van der Waals surface area (Å²) in [6.07, 6.45) is 4.34. The monoisotopic (exact) mass is 219 g/mol. The van der Waals surface area contributed by atoms with Crippen LogP contribution in [0.2, 0.25) is 0 Å². The molecular formula is C12H17N3O. The van der Waals surface area contributed by atoms with Crippen LogP contribution in [0.1, 0.15) is 18.4 Å². The summed E-state index contributed by atoms with van der Waals surface area (Å²) in [5.74, 6) is 1.38. The van der Waals surface area contributed by atoms with Crippen LogP contribution in [0.3, 0.4) is 0 Å². The lowest BCUT2D eigenvalue weighted by Gasteiger charge is -2.05. The second kappa shape index (κ2) is 5.07. The van der Waals surface area contributed by atoms with E-state index in [4.69, 9.17) is 0 Å². The molecule has 1 aliphatic carbocycles. The molecule has 0 unspecified atom stereocenters. The maximum absolute atomic E-state index is 11.5. The van der Waals surface area contributed by atoms with Gasteiger partial charge < -0.3 is 10.6 Å². The van der Waals surface area contributed by atoms with Gasteiger partial charge >= 0.3 is 0 Å². The predicted molar refractivity (Wildman–Crippen MR) is 63.2 cm³/mol. The number of aromatic nitrogens is 1. The van der Waals surface area contributed by atoms with Crippen molar-refractivity contribution in [3.8, 4) is 0 Å². The summed E-state index contributed by atoms with van der Waals surface area (Å²) in [6.45, 7) is 3.29. The molecule has 1 heterocycles. The maximum Gasteiger partial charge on any atom is 0.239 e. The predicted octanol–water partition coefficient (Wildman–Crippen LogP) is 1.33. The van der Waals surface area contributed by atoms with Gasteiger partial charge in [-0.1, -0.05) is 6.07 Å². The van der Waals surface area contributed by atoms with Crippen molar-refractivity contribution in [1.29, 1.82) is 0 Å². The molecule has 0 radical (unpaired) electrons. The third kappa shape index (κ3) is 3.62. The van der Waals surface area contributed by atoms with E-state index in [1.54, 1.807) is 6.20 Å². The number of nitrogens with one attached hydrogen (secondary N) is 2. The molecule has 1 aliphatic rings. The molecule has 1 aromatic heterocycles. The quantitative estimate of drug-likeness (QED) is 0.785. The summed E-state index contributed by atoms with van der Waals surface area (Å²) >= 11 is 0. The van der Waals surface area contributed by atoms with E-state index in [-0.39, 0.29) is 5.91 Å². The zero-order valence-electron chi connectivity index (χ0n) is 9.49. The zero-order valence-corrected chi connectivity index (χ0v) is 9.49.